The van der Waals surface area contributed by atoms with Gasteiger partial charge in [0.25, 0.3) is 0 Å². The summed E-state index contributed by atoms with van der Waals surface area (Å²) < 4.78 is 49.4. The van der Waals surface area contributed by atoms with Gasteiger partial charge in [0.05, 0.1) is 20.6 Å². The van der Waals surface area contributed by atoms with Gasteiger partial charge in [0.15, 0.2) is 0 Å². The summed E-state index contributed by atoms with van der Waals surface area (Å²) in [6.07, 6.45) is -5.12. The zero-order valence-corrected chi connectivity index (χ0v) is 14.0. The van der Waals surface area contributed by atoms with Gasteiger partial charge >= 0.3 is 6.18 Å². The molecule has 0 radical (unpaired) electrons. The Morgan fingerprint density at radius 1 is 1.09 bits per heavy atom. The van der Waals surface area contributed by atoms with Crippen molar-refractivity contribution in [2.75, 3.05) is 40.4 Å². The molecule has 0 aliphatic carbocycles. The van der Waals surface area contributed by atoms with Crippen LogP contribution in [0, 0.1) is 0 Å². The molecule has 1 aliphatic heterocycles. The fraction of sp³-hybridized carbons (Fsp3) is 0.600. The Morgan fingerprint density at radius 3 is 2.04 bits per heavy atom. The average molecular weight is 355 g/mol. The van der Waals surface area contributed by atoms with E-state index in [1.54, 1.807) is 18.2 Å². The maximum absolute atomic E-state index is 13.0. The first-order valence-corrected chi connectivity index (χ1v) is 7.17. The molecule has 23 heavy (non-hydrogen) atoms. The van der Waals surface area contributed by atoms with E-state index in [1.165, 1.54) is 14.2 Å². The van der Waals surface area contributed by atoms with Gasteiger partial charge in [-0.05, 0) is 17.7 Å². The highest BCUT2D eigenvalue weighted by Crippen LogP contribution is 2.37. The predicted octanol–water partition coefficient (Wildman–Crippen LogP) is 3.02. The van der Waals surface area contributed by atoms with Crippen LogP contribution in [0.2, 0.25) is 0 Å². The van der Waals surface area contributed by atoms with Crippen molar-refractivity contribution in [3.63, 3.8) is 0 Å². The van der Waals surface area contributed by atoms with Crippen LogP contribution in [-0.4, -0.2) is 51.5 Å². The summed E-state index contributed by atoms with van der Waals surface area (Å²) in [5, 5.41) is 3.16. The molecule has 1 fully saturated rings. The van der Waals surface area contributed by atoms with Crippen LogP contribution in [0.3, 0.4) is 0 Å². The van der Waals surface area contributed by atoms with E-state index in [1.807, 2.05) is 4.90 Å². The smallest absolute Gasteiger partial charge is 0.390 e. The van der Waals surface area contributed by atoms with E-state index in [0.717, 1.165) is 0 Å². The predicted molar refractivity (Wildman–Crippen MR) is 84.6 cm³/mol. The lowest BCUT2D eigenvalue weighted by atomic mass is 10.00. The van der Waals surface area contributed by atoms with Crippen molar-refractivity contribution in [1.82, 2.24) is 10.2 Å². The first kappa shape index (κ1) is 19.9. The minimum Gasteiger partial charge on any atom is -0.497 e. The molecule has 1 aromatic carbocycles. The van der Waals surface area contributed by atoms with Crippen LogP contribution < -0.4 is 14.8 Å². The van der Waals surface area contributed by atoms with Gasteiger partial charge in [-0.3, -0.25) is 4.90 Å². The second kappa shape index (κ2) is 8.61. The van der Waals surface area contributed by atoms with Gasteiger partial charge in [0.1, 0.15) is 11.5 Å². The normalized spacial score (nSPS) is 17.3. The Labute approximate surface area is 140 Å². The zero-order chi connectivity index (χ0) is 16.2. The molecule has 1 aromatic rings. The number of alkyl halides is 3. The average Bonchev–Trinajstić information content (AvgIpc) is 2.52. The summed E-state index contributed by atoms with van der Waals surface area (Å²) >= 11 is 0. The Kier molecular flexibility index (Phi) is 7.44. The monoisotopic (exact) mass is 354 g/mol. The molecule has 4 nitrogen and oxygen atoms in total. The number of nitrogens with zero attached hydrogens (tertiary/aromatic N) is 1. The number of methoxy groups -OCH3 is 2. The molecule has 0 unspecified atom stereocenters. The molecule has 132 valence electrons. The molecule has 1 atom stereocenters. The van der Waals surface area contributed by atoms with Crippen LogP contribution in [0.1, 0.15) is 18.0 Å². The number of ether oxygens (including phenoxy) is 2. The lowest BCUT2D eigenvalue weighted by molar-refractivity contribution is -0.148. The highest BCUT2D eigenvalue weighted by Gasteiger charge is 2.36. The van der Waals surface area contributed by atoms with Crippen LogP contribution in [0.25, 0.3) is 0 Å². The molecule has 0 bridgehead atoms. The van der Waals surface area contributed by atoms with Gasteiger partial charge in [-0.1, -0.05) is 0 Å². The van der Waals surface area contributed by atoms with Gasteiger partial charge in [0, 0.05) is 38.3 Å². The number of nitrogens with one attached hydrogen (secondary N) is 1. The maximum Gasteiger partial charge on any atom is 0.390 e. The molecule has 1 saturated heterocycles. The number of rotatable bonds is 5. The van der Waals surface area contributed by atoms with E-state index in [-0.39, 0.29) is 12.4 Å². The van der Waals surface area contributed by atoms with Crippen molar-refractivity contribution >= 4 is 12.4 Å². The summed E-state index contributed by atoms with van der Waals surface area (Å²) in [6.45, 7) is 2.55. The SMILES string of the molecule is COc1cc(OC)cc([C@@H](CC(F)(F)F)N2CCNCC2)c1.Cl. The molecule has 1 aliphatic rings. The molecule has 0 saturated carbocycles. The van der Waals surface area contributed by atoms with Crippen molar-refractivity contribution in [2.45, 2.75) is 18.6 Å². The summed E-state index contributed by atoms with van der Waals surface area (Å²) in [6, 6.07) is 4.24. The number of piperazine rings is 1. The molecule has 2 rings (SSSR count). The summed E-state index contributed by atoms with van der Waals surface area (Å²) in [4.78, 5) is 1.86. The van der Waals surface area contributed by atoms with Crippen molar-refractivity contribution in [1.29, 1.82) is 0 Å². The summed E-state index contributed by atoms with van der Waals surface area (Å²) in [5.74, 6) is 0.994. The first-order valence-electron chi connectivity index (χ1n) is 7.17. The third-order valence-corrected chi connectivity index (χ3v) is 3.78. The molecule has 0 aromatic heterocycles. The number of benzene rings is 1. The van der Waals surface area contributed by atoms with Crippen molar-refractivity contribution in [3.05, 3.63) is 23.8 Å². The van der Waals surface area contributed by atoms with Crippen molar-refractivity contribution in [2.24, 2.45) is 0 Å². The van der Waals surface area contributed by atoms with Crippen LogP contribution in [-0.2, 0) is 0 Å². The Bertz CT molecular complexity index is 472. The molecule has 1 N–H and O–H groups in total. The third kappa shape index (κ3) is 5.75. The van der Waals surface area contributed by atoms with E-state index in [4.69, 9.17) is 9.47 Å². The van der Waals surface area contributed by atoms with Crippen LogP contribution >= 0.6 is 12.4 Å². The molecule has 8 heteroatoms. The van der Waals surface area contributed by atoms with Crippen molar-refractivity contribution < 1.29 is 22.6 Å². The van der Waals surface area contributed by atoms with Crippen LogP contribution in [0.4, 0.5) is 13.2 Å². The van der Waals surface area contributed by atoms with E-state index in [9.17, 15) is 13.2 Å². The highest BCUT2D eigenvalue weighted by molar-refractivity contribution is 5.85. The van der Waals surface area contributed by atoms with Gasteiger partial charge in [-0.25, -0.2) is 0 Å². The summed E-state index contributed by atoms with van der Waals surface area (Å²) in [5.41, 5.74) is 0.565. The standard InChI is InChI=1S/C15H21F3N2O2.ClH/c1-21-12-7-11(8-13(9-12)22-2)14(10-15(16,17)18)20-5-3-19-4-6-20;/h7-9,14,19H,3-6,10H2,1-2H3;1H/t14-;/m1./s1. The first-order chi connectivity index (χ1) is 10.4. The minimum atomic E-state index is -4.23. The summed E-state index contributed by atoms with van der Waals surface area (Å²) in [7, 11) is 2.98. The van der Waals surface area contributed by atoms with E-state index in [2.05, 4.69) is 5.32 Å². The van der Waals surface area contributed by atoms with Gasteiger partial charge in [0.2, 0.25) is 0 Å². The largest absolute Gasteiger partial charge is 0.497 e. The van der Waals surface area contributed by atoms with Crippen LogP contribution in [0.15, 0.2) is 18.2 Å². The van der Waals surface area contributed by atoms with E-state index >= 15 is 0 Å². The maximum atomic E-state index is 13.0. The molecular weight excluding hydrogens is 333 g/mol. The number of hydrogen-bond donors (Lipinski definition) is 1. The Morgan fingerprint density at radius 2 is 1.61 bits per heavy atom. The van der Waals surface area contributed by atoms with Gasteiger partial charge in [-0.2, -0.15) is 13.2 Å². The van der Waals surface area contributed by atoms with Gasteiger partial charge in [-0.15, -0.1) is 12.4 Å². The topological polar surface area (TPSA) is 33.7 Å². The second-order valence-corrected chi connectivity index (χ2v) is 5.27. The Balaban J connectivity index is 0.00000264. The molecule has 1 heterocycles. The van der Waals surface area contributed by atoms with E-state index in [0.29, 0.717) is 43.2 Å². The minimum absolute atomic E-state index is 0. The third-order valence-electron chi connectivity index (χ3n) is 3.78. The van der Waals surface area contributed by atoms with Crippen molar-refractivity contribution in [3.8, 4) is 11.5 Å². The lowest BCUT2D eigenvalue weighted by Crippen LogP contribution is -2.46. The number of halogens is 4. The Hall–Kier alpha value is -1.18. The second-order valence-electron chi connectivity index (χ2n) is 5.27. The highest BCUT2D eigenvalue weighted by atomic mass is 35.5. The number of hydrogen-bond acceptors (Lipinski definition) is 4. The molecular formula is C15H22ClF3N2O2. The quantitative estimate of drug-likeness (QED) is 0.881. The molecule has 0 amide bonds. The van der Waals surface area contributed by atoms with Gasteiger partial charge < -0.3 is 14.8 Å². The van der Waals surface area contributed by atoms with Crippen LogP contribution in [0.5, 0.6) is 11.5 Å². The fourth-order valence-electron chi connectivity index (χ4n) is 2.69. The fourth-order valence-corrected chi connectivity index (χ4v) is 2.69. The molecule has 0 spiro atoms. The zero-order valence-electron chi connectivity index (χ0n) is 13.2. The lowest BCUT2D eigenvalue weighted by Gasteiger charge is -2.35. The van der Waals surface area contributed by atoms with E-state index < -0.39 is 18.6 Å².